The average Bonchev–Trinajstić information content (AvgIpc) is 3.84. The van der Waals surface area contributed by atoms with E-state index in [1.165, 1.54) is 0 Å². The first-order chi connectivity index (χ1) is 31.1. The number of aromatic nitrogens is 2. The Kier molecular flexibility index (Phi) is 11.0. The van der Waals surface area contributed by atoms with E-state index >= 15 is 0 Å². The number of para-hydroxylation sites is 1. The van der Waals surface area contributed by atoms with Gasteiger partial charge in [0.05, 0.1) is 17.2 Å². The van der Waals surface area contributed by atoms with Gasteiger partial charge in [-0.3, -0.25) is 34.2 Å². The molecule has 17 heteroatoms. The lowest BCUT2D eigenvalue weighted by Crippen LogP contribution is -2.56. The number of hydrogen-bond donors (Lipinski definition) is 3. The molecule has 3 aromatic carbocycles. The van der Waals surface area contributed by atoms with Crippen molar-refractivity contribution in [1.82, 2.24) is 34.7 Å². The molecule has 4 fully saturated rings. The van der Waals surface area contributed by atoms with Crippen molar-refractivity contribution in [3.8, 4) is 22.8 Å². The van der Waals surface area contributed by atoms with Gasteiger partial charge in [-0.05, 0) is 112 Å². The normalized spacial score (nSPS) is 22.2. The second-order valence-electron chi connectivity index (χ2n) is 17.6. The number of likely N-dealkylation sites (tertiary alicyclic amines) is 2. The Bertz CT molecular complexity index is 2490. The number of fused-ring (bicyclic) bond motifs is 2. The predicted octanol–water partition coefficient (Wildman–Crippen LogP) is 4.32. The Labute approximate surface area is 370 Å². The van der Waals surface area contributed by atoms with Crippen LogP contribution in [0.5, 0.6) is 11.5 Å². The topological polar surface area (TPSA) is 196 Å². The van der Waals surface area contributed by atoms with Crippen LogP contribution in [0.2, 0.25) is 0 Å². The molecular formula is C47H52N10O7. The van der Waals surface area contributed by atoms with Gasteiger partial charge in [-0.25, -0.2) is 9.48 Å². The van der Waals surface area contributed by atoms with Crippen LogP contribution in [0, 0.1) is 5.92 Å². The summed E-state index contributed by atoms with van der Waals surface area (Å²) in [6, 6.07) is 21.9. The molecule has 2 unspecified atom stereocenters. The number of imide groups is 2. The maximum Gasteiger partial charge on any atom is 0.320 e. The third kappa shape index (κ3) is 7.71. The van der Waals surface area contributed by atoms with Gasteiger partial charge in [-0.15, -0.1) is 0 Å². The number of piperidine rings is 3. The van der Waals surface area contributed by atoms with Crippen LogP contribution >= 0.6 is 0 Å². The molecule has 4 N–H and O–H groups in total. The zero-order valence-electron chi connectivity index (χ0n) is 35.6. The first-order valence-corrected chi connectivity index (χ1v) is 22.5. The Morgan fingerprint density at radius 3 is 2.11 bits per heavy atom. The minimum atomic E-state index is -1.01. The monoisotopic (exact) mass is 868 g/mol. The predicted molar refractivity (Wildman–Crippen MR) is 236 cm³/mol. The van der Waals surface area contributed by atoms with Crippen LogP contribution in [-0.4, -0.2) is 136 Å². The number of benzene rings is 3. The summed E-state index contributed by atoms with van der Waals surface area (Å²) in [6.07, 6.45) is 4.97. The van der Waals surface area contributed by atoms with Crippen LogP contribution in [-0.2, 0) is 9.59 Å². The van der Waals surface area contributed by atoms with E-state index in [-0.39, 0.29) is 36.0 Å². The average molecular weight is 869 g/mol. The van der Waals surface area contributed by atoms with Crippen LogP contribution in [0.4, 0.5) is 16.3 Å². The highest BCUT2D eigenvalue weighted by atomic mass is 16.5. The third-order valence-electron chi connectivity index (χ3n) is 14.0. The SMILES string of the molecule is NC(=O)c1c(-c2ccc(Oc3ccccc3)cc2)nn2c1NCCC2C1CCN(C2CCN(C(=O)N3CCN(c4ccc5c(c4)C(=O)N(C4CCC(=O)NC4=O)C5=O)CC3)CC2)CC1. The van der Waals surface area contributed by atoms with E-state index in [2.05, 4.69) is 20.4 Å². The number of rotatable bonds is 8. The number of primary amides is 1. The van der Waals surface area contributed by atoms with E-state index in [0.717, 1.165) is 73.6 Å². The van der Waals surface area contributed by atoms with Gasteiger partial charge in [-0.2, -0.15) is 5.10 Å². The van der Waals surface area contributed by atoms with Gasteiger partial charge < -0.3 is 35.4 Å². The van der Waals surface area contributed by atoms with Crippen molar-refractivity contribution in [2.24, 2.45) is 11.7 Å². The number of nitrogens with zero attached hydrogens (tertiary/aromatic N) is 7. The Morgan fingerprint density at radius 2 is 1.41 bits per heavy atom. The molecule has 2 atom stereocenters. The first-order valence-electron chi connectivity index (χ1n) is 22.5. The molecular weight excluding hydrogens is 817 g/mol. The number of amides is 7. The number of nitrogens with one attached hydrogen (secondary N) is 2. The Morgan fingerprint density at radius 1 is 0.719 bits per heavy atom. The molecule has 17 nitrogen and oxygen atoms in total. The number of piperazine rings is 1. The Hall–Kier alpha value is -6.75. The Balaban J connectivity index is 0.708. The van der Waals surface area contributed by atoms with E-state index in [1.807, 2.05) is 75.1 Å². The number of carbonyl (C=O) groups excluding carboxylic acids is 6. The molecule has 7 amide bonds. The lowest BCUT2D eigenvalue weighted by molar-refractivity contribution is -0.136. The van der Waals surface area contributed by atoms with Crippen molar-refractivity contribution in [3.63, 3.8) is 0 Å². The summed E-state index contributed by atoms with van der Waals surface area (Å²) < 4.78 is 8.00. The number of urea groups is 1. The van der Waals surface area contributed by atoms with E-state index in [4.69, 9.17) is 15.6 Å². The van der Waals surface area contributed by atoms with E-state index in [9.17, 15) is 28.8 Å². The fourth-order valence-corrected chi connectivity index (χ4v) is 10.6. The number of anilines is 2. The van der Waals surface area contributed by atoms with Crippen molar-refractivity contribution in [3.05, 3.63) is 89.5 Å². The zero-order valence-corrected chi connectivity index (χ0v) is 35.6. The molecule has 0 aliphatic carbocycles. The van der Waals surface area contributed by atoms with Gasteiger partial charge in [0, 0.05) is 69.5 Å². The lowest BCUT2D eigenvalue weighted by atomic mass is 9.85. The van der Waals surface area contributed by atoms with Gasteiger partial charge in [0.25, 0.3) is 17.7 Å². The third-order valence-corrected chi connectivity index (χ3v) is 14.0. The molecule has 10 rings (SSSR count). The quantitative estimate of drug-likeness (QED) is 0.214. The summed E-state index contributed by atoms with van der Waals surface area (Å²) in [4.78, 5) is 86.9. The molecule has 4 aromatic rings. The fourth-order valence-electron chi connectivity index (χ4n) is 10.6. The highest BCUT2D eigenvalue weighted by Crippen LogP contribution is 2.41. The molecule has 0 saturated carbocycles. The van der Waals surface area contributed by atoms with Crippen molar-refractivity contribution in [1.29, 1.82) is 0 Å². The highest BCUT2D eigenvalue weighted by molar-refractivity contribution is 6.23. The van der Waals surface area contributed by atoms with Gasteiger partial charge >= 0.3 is 6.03 Å². The van der Waals surface area contributed by atoms with Crippen molar-refractivity contribution < 1.29 is 33.5 Å². The summed E-state index contributed by atoms with van der Waals surface area (Å²) in [5.41, 5.74) is 9.07. The van der Waals surface area contributed by atoms with Gasteiger partial charge in [0.2, 0.25) is 11.8 Å². The van der Waals surface area contributed by atoms with E-state index in [0.29, 0.717) is 74.1 Å². The summed E-state index contributed by atoms with van der Waals surface area (Å²) >= 11 is 0. The zero-order chi connectivity index (χ0) is 44.1. The molecule has 0 bridgehead atoms. The van der Waals surface area contributed by atoms with Crippen molar-refractivity contribution in [2.45, 2.75) is 63.1 Å². The van der Waals surface area contributed by atoms with Crippen molar-refractivity contribution >= 4 is 47.1 Å². The molecule has 6 aliphatic rings. The van der Waals surface area contributed by atoms with Gasteiger partial charge in [0.1, 0.15) is 34.6 Å². The highest BCUT2D eigenvalue weighted by Gasteiger charge is 2.45. The summed E-state index contributed by atoms with van der Waals surface area (Å²) in [7, 11) is 0. The minimum Gasteiger partial charge on any atom is -0.457 e. The van der Waals surface area contributed by atoms with Gasteiger partial charge in [-0.1, -0.05) is 18.2 Å². The van der Waals surface area contributed by atoms with Crippen LogP contribution in [0.25, 0.3) is 11.3 Å². The summed E-state index contributed by atoms with van der Waals surface area (Å²) in [6.45, 7) is 6.32. The maximum atomic E-state index is 13.7. The summed E-state index contributed by atoms with van der Waals surface area (Å²) in [5, 5.41) is 10.7. The van der Waals surface area contributed by atoms with Crippen LogP contribution in [0.1, 0.15) is 82.1 Å². The number of nitrogens with two attached hydrogens (primary N) is 1. The smallest absolute Gasteiger partial charge is 0.320 e. The molecule has 0 radical (unpaired) electrons. The largest absolute Gasteiger partial charge is 0.457 e. The molecule has 6 aliphatic heterocycles. The number of hydrogen-bond acceptors (Lipinski definition) is 11. The van der Waals surface area contributed by atoms with Crippen LogP contribution in [0.3, 0.4) is 0 Å². The van der Waals surface area contributed by atoms with Gasteiger partial charge in [0.15, 0.2) is 0 Å². The number of ether oxygens (including phenoxy) is 1. The van der Waals surface area contributed by atoms with Crippen LogP contribution in [0.15, 0.2) is 72.8 Å². The maximum absolute atomic E-state index is 13.7. The number of carbonyl (C=O) groups is 6. The lowest BCUT2D eigenvalue weighted by Gasteiger charge is -2.45. The molecule has 7 heterocycles. The fraction of sp³-hybridized carbons (Fsp3) is 0.426. The van der Waals surface area contributed by atoms with E-state index in [1.54, 1.807) is 12.1 Å². The first kappa shape index (κ1) is 41.3. The molecule has 64 heavy (non-hydrogen) atoms. The summed E-state index contributed by atoms with van der Waals surface area (Å²) in [5.74, 6) is -0.0799. The molecule has 1 aromatic heterocycles. The second-order valence-corrected chi connectivity index (χ2v) is 17.6. The van der Waals surface area contributed by atoms with Crippen molar-refractivity contribution in [2.75, 3.05) is 69.1 Å². The minimum absolute atomic E-state index is 0.0542. The second kappa shape index (κ2) is 17.1. The molecule has 332 valence electrons. The van der Waals surface area contributed by atoms with Crippen LogP contribution < -0.4 is 26.0 Å². The van der Waals surface area contributed by atoms with E-state index < -0.39 is 35.6 Å². The molecule has 4 saturated heterocycles. The standard InChI is InChI=1S/C47H52N10O7/c48-42(59)40-41(30-6-9-34(10-7-30)64-33-4-2-1-3-5-33)51-57-37(14-19-49-43(40)57)29-15-20-52(21-16-29)31-17-22-54(23-18-31)47(63)55-26-24-53(25-27-55)32-8-11-35-36(28-32)46(62)56(45(35)61)38-12-13-39(58)50-44(38)60/h1-11,28-29,31,37-38,49H,12-27H2,(H2,48,59)(H,50,58,60). The molecule has 0 spiro atoms.